The maximum atomic E-state index is 12.3. The van der Waals surface area contributed by atoms with Crippen LogP contribution >= 0.6 is 0 Å². The summed E-state index contributed by atoms with van der Waals surface area (Å²) in [5.41, 5.74) is 0.263. The van der Waals surface area contributed by atoms with Crippen LogP contribution in [-0.4, -0.2) is 96.9 Å². The topological polar surface area (TPSA) is 171 Å². The number of carbonyl (C=O) groups excluding carboxylic acids is 3. The van der Waals surface area contributed by atoms with Crippen LogP contribution < -0.4 is 15.4 Å². The molecule has 214 valence electrons. The average molecular weight is 567 g/mol. The molecule has 3 N–H and O–H groups in total. The lowest BCUT2D eigenvalue weighted by Crippen LogP contribution is -2.31. The number of benzene rings is 1. The van der Waals surface area contributed by atoms with E-state index in [1.807, 2.05) is 0 Å². The van der Waals surface area contributed by atoms with Gasteiger partial charge in [-0.15, -0.1) is 0 Å². The molecule has 1 aromatic heterocycles. The lowest BCUT2D eigenvalue weighted by molar-refractivity contribution is -0.126. The highest BCUT2D eigenvalue weighted by Gasteiger charge is 2.14. The second kappa shape index (κ2) is 18.0. The number of hydrogen-bond acceptors (Lipinski definition) is 10. The SMILES string of the molecule is CC(=O)COCCOCCNC(=O)COCCOCCNC(=O)c1ccc(NS(=O)(=O)c2ccccc2)nc1. The van der Waals surface area contributed by atoms with Crippen molar-refractivity contribution >= 4 is 33.4 Å². The van der Waals surface area contributed by atoms with E-state index in [0.717, 1.165) is 0 Å². The van der Waals surface area contributed by atoms with Crippen molar-refractivity contribution in [2.45, 2.75) is 11.8 Å². The van der Waals surface area contributed by atoms with E-state index >= 15 is 0 Å². The Labute approximate surface area is 227 Å². The number of nitrogens with one attached hydrogen (secondary N) is 3. The Bertz CT molecular complexity index is 1130. The van der Waals surface area contributed by atoms with Crippen molar-refractivity contribution < 1.29 is 41.7 Å². The molecule has 2 rings (SSSR count). The lowest BCUT2D eigenvalue weighted by atomic mass is 10.2. The highest BCUT2D eigenvalue weighted by Crippen LogP contribution is 2.14. The first-order chi connectivity index (χ1) is 18.8. The zero-order valence-corrected chi connectivity index (χ0v) is 22.5. The molecular weight excluding hydrogens is 532 g/mol. The zero-order valence-electron chi connectivity index (χ0n) is 21.7. The van der Waals surface area contributed by atoms with E-state index in [1.54, 1.807) is 18.2 Å². The minimum Gasteiger partial charge on any atom is -0.377 e. The van der Waals surface area contributed by atoms with E-state index in [9.17, 15) is 22.8 Å². The van der Waals surface area contributed by atoms with E-state index < -0.39 is 10.0 Å². The van der Waals surface area contributed by atoms with Gasteiger partial charge in [-0.2, -0.15) is 0 Å². The van der Waals surface area contributed by atoms with Crippen molar-refractivity contribution in [2.24, 2.45) is 0 Å². The van der Waals surface area contributed by atoms with Gasteiger partial charge < -0.3 is 29.6 Å². The van der Waals surface area contributed by atoms with Crippen molar-refractivity contribution in [2.75, 3.05) is 70.7 Å². The van der Waals surface area contributed by atoms with Gasteiger partial charge in [0.15, 0.2) is 5.78 Å². The Balaban J connectivity index is 1.48. The van der Waals surface area contributed by atoms with Gasteiger partial charge in [-0.1, -0.05) is 18.2 Å². The first kappa shape index (κ1) is 31.8. The number of aromatic nitrogens is 1. The fraction of sp³-hybridized carbons (Fsp3) is 0.440. The number of ketones is 1. The summed E-state index contributed by atoms with van der Waals surface area (Å²) in [6, 6.07) is 10.7. The van der Waals surface area contributed by atoms with Gasteiger partial charge in [0, 0.05) is 19.3 Å². The molecule has 0 aliphatic heterocycles. The van der Waals surface area contributed by atoms with E-state index in [0.29, 0.717) is 26.4 Å². The van der Waals surface area contributed by atoms with Gasteiger partial charge >= 0.3 is 0 Å². The Morgan fingerprint density at radius 2 is 1.38 bits per heavy atom. The molecule has 0 saturated carbocycles. The largest absolute Gasteiger partial charge is 0.377 e. The molecule has 0 aliphatic rings. The fourth-order valence-corrected chi connectivity index (χ4v) is 3.89. The lowest BCUT2D eigenvalue weighted by Gasteiger charge is -2.09. The molecule has 0 saturated heterocycles. The maximum absolute atomic E-state index is 12.3. The molecule has 1 aromatic carbocycles. The van der Waals surface area contributed by atoms with Crippen LogP contribution in [0.15, 0.2) is 53.6 Å². The second-order valence-corrected chi connectivity index (χ2v) is 9.67. The normalized spacial score (nSPS) is 11.1. The Hall–Kier alpha value is -3.43. The van der Waals surface area contributed by atoms with E-state index in [2.05, 4.69) is 20.3 Å². The van der Waals surface area contributed by atoms with Crippen molar-refractivity contribution in [3.05, 3.63) is 54.2 Å². The highest BCUT2D eigenvalue weighted by atomic mass is 32.2. The number of amides is 2. The van der Waals surface area contributed by atoms with Crippen LogP contribution in [0.25, 0.3) is 0 Å². The van der Waals surface area contributed by atoms with Gasteiger partial charge in [-0.3, -0.25) is 19.1 Å². The van der Waals surface area contributed by atoms with Gasteiger partial charge in [0.1, 0.15) is 19.0 Å². The molecule has 0 fully saturated rings. The number of Topliss-reactive ketones (excluding diaryl/α,β-unsaturated/α-hetero) is 1. The standard InChI is InChI=1S/C25H34N4O9S/c1-20(30)18-37-15-13-35-11-9-26-24(31)19-38-16-14-36-12-10-27-25(32)21-7-8-23(28-17-21)29-39(33,34)22-5-3-2-4-6-22/h2-8,17H,9-16,18-19H2,1H3,(H,26,31)(H,27,32)(H,28,29). The van der Waals surface area contributed by atoms with Crippen LogP contribution in [0.5, 0.6) is 0 Å². The monoisotopic (exact) mass is 566 g/mol. The third-order valence-electron chi connectivity index (χ3n) is 4.70. The summed E-state index contributed by atoms with van der Waals surface area (Å²) in [6.07, 6.45) is 1.27. The van der Waals surface area contributed by atoms with Crippen molar-refractivity contribution in [3.8, 4) is 0 Å². The molecule has 0 atom stereocenters. The number of ether oxygens (including phenoxy) is 4. The minimum absolute atomic E-state index is 0.0497. The Morgan fingerprint density at radius 1 is 0.769 bits per heavy atom. The third kappa shape index (κ3) is 13.8. The summed E-state index contributed by atoms with van der Waals surface area (Å²) in [4.78, 5) is 38.7. The summed E-state index contributed by atoms with van der Waals surface area (Å²) in [5.74, 6) is -0.630. The predicted octanol–water partition coefficient (Wildman–Crippen LogP) is 0.384. The van der Waals surface area contributed by atoms with Crippen molar-refractivity contribution in [1.29, 1.82) is 0 Å². The molecule has 1 heterocycles. The summed E-state index contributed by atoms with van der Waals surface area (Å²) in [7, 11) is -3.77. The van der Waals surface area contributed by atoms with Crippen molar-refractivity contribution in [1.82, 2.24) is 15.6 Å². The zero-order chi connectivity index (χ0) is 28.3. The molecule has 13 nitrogen and oxygen atoms in total. The summed E-state index contributed by atoms with van der Waals surface area (Å²) in [5, 5.41) is 5.31. The second-order valence-electron chi connectivity index (χ2n) is 7.99. The van der Waals surface area contributed by atoms with Crippen LogP contribution in [-0.2, 0) is 38.6 Å². The molecule has 0 radical (unpaired) electrons. The number of rotatable bonds is 20. The van der Waals surface area contributed by atoms with Crippen LogP contribution in [0.4, 0.5) is 5.82 Å². The Morgan fingerprint density at radius 3 is 2.00 bits per heavy atom. The third-order valence-corrected chi connectivity index (χ3v) is 6.07. The molecule has 0 aliphatic carbocycles. The average Bonchev–Trinajstić information content (AvgIpc) is 2.92. The van der Waals surface area contributed by atoms with Crippen LogP contribution in [0.2, 0.25) is 0 Å². The highest BCUT2D eigenvalue weighted by molar-refractivity contribution is 7.92. The molecule has 0 bridgehead atoms. The van der Waals surface area contributed by atoms with Crippen LogP contribution in [0.1, 0.15) is 17.3 Å². The number of hydrogen-bond donors (Lipinski definition) is 3. The van der Waals surface area contributed by atoms with E-state index in [1.165, 1.54) is 37.4 Å². The van der Waals surface area contributed by atoms with Crippen molar-refractivity contribution in [3.63, 3.8) is 0 Å². The first-order valence-electron chi connectivity index (χ1n) is 12.2. The maximum Gasteiger partial charge on any atom is 0.263 e. The van der Waals surface area contributed by atoms with Gasteiger partial charge in [-0.05, 0) is 31.2 Å². The fourth-order valence-electron chi connectivity index (χ4n) is 2.86. The first-order valence-corrected chi connectivity index (χ1v) is 13.7. The summed E-state index contributed by atoms with van der Waals surface area (Å²) < 4.78 is 47.9. The molecule has 14 heteroatoms. The molecule has 2 aromatic rings. The molecule has 0 unspecified atom stereocenters. The molecule has 0 spiro atoms. The number of nitrogens with zero attached hydrogens (tertiary/aromatic N) is 1. The summed E-state index contributed by atoms with van der Waals surface area (Å²) in [6.45, 7) is 3.59. The number of anilines is 1. The van der Waals surface area contributed by atoms with Gasteiger partial charge in [0.05, 0.1) is 50.1 Å². The molecule has 39 heavy (non-hydrogen) atoms. The number of sulfonamides is 1. The number of pyridine rings is 1. The van der Waals surface area contributed by atoms with E-state index in [-0.39, 0.29) is 73.5 Å². The predicted molar refractivity (Wildman–Crippen MR) is 141 cm³/mol. The quantitative estimate of drug-likeness (QED) is 0.190. The Kier molecular flexibility index (Phi) is 14.6. The number of carbonyl (C=O) groups is 3. The molecule has 2 amide bonds. The van der Waals surface area contributed by atoms with Crippen LogP contribution in [0.3, 0.4) is 0 Å². The van der Waals surface area contributed by atoms with Crippen LogP contribution in [0, 0.1) is 0 Å². The van der Waals surface area contributed by atoms with Gasteiger partial charge in [0.25, 0.3) is 15.9 Å². The minimum atomic E-state index is -3.77. The smallest absolute Gasteiger partial charge is 0.263 e. The van der Waals surface area contributed by atoms with E-state index in [4.69, 9.17) is 18.9 Å². The molecular formula is C25H34N4O9S. The van der Waals surface area contributed by atoms with Gasteiger partial charge in [0.2, 0.25) is 5.91 Å². The summed E-state index contributed by atoms with van der Waals surface area (Å²) >= 11 is 0. The van der Waals surface area contributed by atoms with Gasteiger partial charge in [-0.25, -0.2) is 13.4 Å².